The summed E-state index contributed by atoms with van der Waals surface area (Å²) in [5, 5.41) is 24.2. The van der Waals surface area contributed by atoms with Crippen LogP contribution in [0.25, 0.3) is 0 Å². The number of nitro groups is 1. The fourth-order valence-electron chi connectivity index (χ4n) is 3.48. The van der Waals surface area contributed by atoms with Crippen molar-refractivity contribution in [2.75, 3.05) is 58.9 Å². The van der Waals surface area contributed by atoms with Crippen LogP contribution in [-0.2, 0) is 11.2 Å². The summed E-state index contributed by atoms with van der Waals surface area (Å²) in [6.45, 7) is 13.3. The van der Waals surface area contributed by atoms with Crippen molar-refractivity contribution >= 4 is 11.8 Å². The highest BCUT2D eigenvalue weighted by molar-refractivity contribution is 5.68. The van der Waals surface area contributed by atoms with E-state index in [0.29, 0.717) is 13.0 Å². The zero-order chi connectivity index (χ0) is 23.4. The number of non-ortho nitro benzene ring substituents is 1. The van der Waals surface area contributed by atoms with E-state index in [9.17, 15) is 14.9 Å². The van der Waals surface area contributed by atoms with Crippen LogP contribution in [0.15, 0.2) is 24.3 Å². The smallest absolute Gasteiger partial charge is 0.407 e. The second-order valence-electron chi connectivity index (χ2n) is 9.02. The monoisotopic (exact) mass is 450 g/mol. The van der Waals surface area contributed by atoms with Gasteiger partial charge in [-0.15, -0.1) is 0 Å². The van der Waals surface area contributed by atoms with Crippen LogP contribution >= 0.6 is 0 Å². The molecule has 2 rings (SSSR count). The molecule has 180 valence electrons. The van der Waals surface area contributed by atoms with E-state index < -0.39 is 16.6 Å². The van der Waals surface area contributed by atoms with Gasteiger partial charge in [-0.05, 0) is 32.8 Å². The minimum Gasteiger partial charge on any atom is -0.444 e. The minimum absolute atomic E-state index is 0.0557. The highest BCUT2D eigenvalue weighted by Gasteiger charge is 2.22. The maximum atomic E-state index is 12.5. The van der Waals surface area contributed by atoms with Gasteiger partial charge in [0.25, 0.3) is 5.69 Å². The Kier molecular flexibility index (Phi) is 10.8. The van der Waals surface area contributed by atoms with Gasteiger partial charge in [0.1, 0.15) is 5.60 Å². The summed E-state index contributed by atoms with van der Waals surface area (Å²) in [7, 11) is 0. The van der Waals surface area contributed by atoms with Crippen LogP contribution in [-0.4, -0.2) is 86.5 Å². The van der Waals surface area contributed by atoms with Crippen LogP contribution in [0.4, 0.5) is 10.5 Å². The van der Waals surface area contributed by atoms with E-state index in [0.717, 1.165) is 57.9 Å². The van der Waals surface area contributed by atoms with Crippen molar-refractivity contribution < 1.29 is 14.5 Å². The minimum atomic E-state index is -0.586. The van der Waals surface area contributed by atoms with Gasteiger partial charge < -0.3 is 26.0 Å². The van der Waals surface area contributed by atoms with Crippen molar-refractivity contribution in [3.8, 4) is 0 Å². The number of hydrogen-bond donors (Lipinski definition) is 4. The van der Waals surface area contributed by atoms with Gasteiger partial charge in [0.2, 0.25) is 0 Å². The molecule has 1 atom stereocenters. The molecule has 10 heteroatoms. The van der Waals surface area contributed by atoms with Crippen molar-refractivity contribution in [2.24, 2.45) is 0 Å². The first kappa shape index (κ1) is 26.0. The molecule has 1 heterocycles. The van der Waals surface area contributed by atoms with Gasteiger partial charge in [-0.25, -0.2) is 4.79 Å². The summed E-state index contributed by atoms with van der Waals surface area (Å²) in [6, 6.07) is 6.29. The highest BCUT2D eigenvalue weighted by atomic mass is 16.6. The standard InChI is InChI=1S/C22H38N6O4/c1-22(2,3)32-21(29)26-19(16-18-4-6-20(7-5-18)28(30)31)17-27-14-12-24-10-8-23-9-11-25-13-15-27/h4-7,19,23-25H,8-17H2,1-3H3,(H,26,29). The third-order valence-electron chi connectivity index (χ3n) is 5.00. The quantitative estimate of drug-likeness (QED) is 0.376. The Hall–Kier alpha value is -2.27. The number of carbonyl (C=O) groups is 1. The number of alkyl carbamates (subject to hydrolysis) is 1. The topological polar surface area (TPSA) is 121 Å². The number of benzene rings is 1. The molecule has 1 amide bonds. The Bertz CT molecular complexity index is 695. The van der Waals surface area contributed by atoms with Gasteiger partial charge >= 0.3 is 6.09 Å². The number of nitrogens with zero attached hydrogens (tertiary/aromatic N) is 2. The first-order chi connectivity index (χ1) is 15.2. The predicted octanol–water partition coefficient (Wildman–Crippen LogP) is 1.12. The molecule has 1 aromatic carbocycles. The van der Waals surface area contributed by atoms with Gasteiger partial charge in [-0.2, -0.15) is 0 Å². The Morgan fingerprint density at radius 1 is 1.06 bits per heavy atom. The second kappa shape index (κ2) is 13.3. The first-order valence-electron chi connectivity index (χ1n) is 11.3. The number of ether oxygens (including phenoxy) is 1. The molecule has 0 aromatic heterocycles. The van der Waals surface area contributed by atoms with Gasteiger partial charge in [0.15, 0.2) is 0 Å². The van der Waals surface area contributed by atoms with E-state index in [2.05, 4.69) is 26.2 Å². The van der Waals surface area contributed by atoms with E-state index in [1.807, 2.05) is 20.8 Å². The fraction of sp³-hybridized carbons (Fsp3) is 0.682. The Morgan fingerprint density at radius 3 is 2.09 bits per heavy atom. The molecule has 0 bridgehead atoms. The molecule has 0 radical (unpaired) electrons. The maximum Gasteiger partial charge on any atom is 0.407 e. The van der Waals surface area contributed by atoms with Crippen molar-refractivity contribution in [2.45, 2.75) is 38.8 Å². The van der Waals surface area contributed by atoms with E-state index in [4.69, 9.17) is 4.74 Å². The van der Waals surface area contributed by atoms with Crippen LogP contribution in [0.5, 0.6) is 0 Å². The fourth-order valence-corrected chi connectivity index (χ4v) is 3.48. The number of hydrogen-bond acceptors (Lipinski definition) is 8. The summed E-state index contributed by atoms with van der Waals surface area (Å²) in [5.74, 6) is 0. The average molecular weight is 451 g/mol. The van der Waals surface area contributed by atoms with Crippen LogP contribution in [0.1, 0.15) is 26.3 Å². The van der Waals surface area contributed by atoms with Gasteiger partial charge in [0, 0.05) is 77.1 Å². The van der Waals surface area contributed by atoms with E-state index in [-0.39, 0.29) is 11.7 Å². The van der Waals surface area contributed by atoms with Crippen LogP contribution in [0, 0.1) is 10.1 Å². The zero-order valence-corrected chi connectivity index (χ0v) is 19.5. The number of amides is 1. The summed E-state index contributed by atoms with van der Waals surface area (Å²) in [6.07, 6.45) is 0.0968. The normalized spacial score (nSPS) is 18.1. The second-order valence-corrected chi connectivity index (χ2v) is 9.02. The molecule has 1 fully saturated rings. The summed E-state index contributed by atoms with van der Waals surface area (Å²) >= 11 is 0. The van der Waals surface area contributed by atoms with Gasteiger partial charge in [-0.1, -0.05) is 12.1 Å². The third kappa shape index (κ3) is 10.9. The molecule has 4 N–H and O–H groups in total. The molecular weight excluding hydrogens is 412 g/mol. The van der Waals surface area contributed by atoms with E-state index >= 15 is 0 Å². The molecule has 1 saturated heterocycles. The Labute approximate surface area is 190 Å². The SMILES string of the molecule is CC(C)(C)OC(=O)NC(Cc1ccc([N+](=O)[O-])cc1)CN1CCNCCNCCNCC1. The maximum absolute atomic E-state index is 12.5. The molecule has 1 unspecified atom stereocenters. The molecular formula is C22H38N6O4. The summed E-state index contributed by atoms with van der Waals surface area (Å²) in [5.41, 5.74) is 0.394. The molecule has 0 aliphatic carbocycles. The van der Waals surface area contributed by atoms with Crippen LogP contribution in [0.3, 0.4) is 0 Å². The number of nitro benzene ring substituents is 1. The van der Waals surface area contributed by atoms with Gasteiger partial charge in [-0.3, -0.25) is 15.0 Å². The number of nitrogens with one attached hydrogen (secondary N) is 4. The average Bonchev–Trinajstić information content (AvgIpc) is 2.69. The Balaban J connectivity index is 2.06. The molecule has 0 saturated carbocycles. The highest BCUT2D eigenvalue weighted by Crippen LogP contribution is 2.14. The molecule has 32 heavy (non-hydrogen) atoms. The first-order valence-corrected chi connectivity index (χ1v) is 11.3. The summed E-state index contributed by atoms with van der Waals surface area (Å²) < 4.78 is 5.47. The summed E-state index contributed by atoms with van der Waals surface area (Å²) in [4.78, 5) is 25.3. The zero-order valence-electron chi connectivity index (χ0n) is 19.5. The molecule has 1 aromatic rings. The van der Waals surface area contributed by atoms with Crippen LogP contribution < -0.4 is 21.3 Å². The van der Waals surface area contributed by atoms with Crippen molar-refractivity contribution in [1.29, 1.82) is 0 Å². The molecule has 10 nitrogen and oxygen atoms in total. The van der Waals surface area contributed by atoms with Crippen molar-refractivity contribution in [3.63, 3.8) is 0 Å². The largest absolute Gasteiger partial charge is 0.444 e. The third-order valence-corrected chi connectivity index (χ3v) is 5.00. The lowest BCUT2D eigenvalue weighted by atomic mass is 10.0. The lowest BCUT2D eigenvalue weighted by Gasteiger charge is -2.30. The number of rotatable bonds is 6. The lowest BCUT2D eigenvalue weighted by Crippen LogP contribution is -2.49. The lowest BCUT2D eigenvalue weighted by molar-refractivity contribution is -0.384. The predicted molar refractivity (Wildman–Crippen MR) is 125 cm³/mol. The van der Waals surface area contributed by atoms with E-state index in [1.54, 1.807) is 12.1 Å². The molecule has 0 spiro atoms. The van der Waals surface area contributed by atoms with E-state index in [1.165, 1.54) is 12.1 Å². The molecule has 1 aliphatic rings. The van der Waals surface area contributed by atoms with Gasteiger partial charge in [0.05, 0.1) is 4.92 Å². The van der Waals surface area contributed by atoms with Crippen molar-refractivity contribution in [3.05, 3.63) is 39.9 Å². The van der Waals surface area contributed by atoms with Crippen LogP contribution in [0.2, 0.25) is 0 Å². The molecule has 1 aliphatic heterocycles. The van der Waals surface area contributed by atoms with Crippen molar-refractivity contribution in [1.82, 2.24) is 26.2 Å². The number of carbonyl (C=O) groups excluding carboxylic acids is 1. The Morgan fingerprint density at radius 2 is 1.59 bits per heavy atom.